The molecule has 0 atom stereocenters. The molecule has 3 rings (SSSR count). The van der Waals surface area contributed by atoms with E-state index in [1.807, 2.05) is 60.7 Å². The molecule has 1 N–H and O–H groups in total. The van der Waals surface area contributed by atoms with Crippen molar-refractivity contribution in [2.24, 2.45) is 0 Å². The first kappa shape index (κ1) is 20.0. The van der Waals surface area contributed by atoms with Gasteiger partial charge in [0.15, 0.2) is 11.5 Å². The van der Waals surface area contributed by atoms with E-state index in [9.17, 15) is 0 Å². The number of rotatable bonds is 10. The molecule has 0 amide bonds. The van der Waals surface area contributed by atoms with Gasteiger partial charge in [0.1, 0.15) is 13.2 Å². The Morgan fingerprint density at radius 1 is 0.964 bits per heavy atom. The molecular formula is C22H23ClN2O3. The molecule has 0 fully saturated rings. The van der Waals surface area contributed by atoms with E-state index < -0.39 is 0 Å². The van der Waals surface area contributed by atoms with Crippen LogP contribution >= 0.6 is 11.6 Å². The van der Waals surface area contributed by atoms with E-state index in [4.69, 9.17) is 25.8 Å². The number of aromatic nitrogens is 1. The summed E-state index contributed by atoms with van der Waals surface area (Å²) in [6.07, 6.45) is 1.71. The number of nitrogens with one attached hydrogen (secondary N) is 1. The molecule has 6 heteroatoms. The summed E-state index contributed by atoms with van der Waals surface area (Å²) in [5.74, 6) is 2.06. The van der Waals surface area contributed by atoms with Crippen LogP contribution in [0.15, 0.2) is 66.9 Å². The summed E-state index contributed by atoms with van der Waals surface area (Å²) in [5.41, 5.74) is 2.06. The van der Waals surface area contributed by atoms with Crippen LogP contribution in [0.1, 0.15) is 11.1 Å². The van der Waals surface area contributed by atoms with E-state index in [1.54, 1.807) is 13.3 Å². The highest BCUT2D eigenvalue weighted by Crippen LogP contribution is 2.31. The highest BCUT2D eigenvalue weighted by Gasteiger charge is 2.11. The second kappa shape index (κ2) is 10.5. The van der Waals surface area contributed by atoms with Crippen LogP contribution in [0, 0.1) is 0 Å². The molecule has 0 bridgehead atoms. The van der Waals surface area contributed by atoms with Gasteiger partial charge in [0, 0.05) is 35.9 Å². The average molecular weight is 399 g/mol. The highest BCUT2D eigenvalue weighted by atomic mass is 35.5. The number of halogens is 1. The molecule has 5 nitrogen and oxygen atoms in total. The van der Waals surface area contributed by atoms with Gasteiger partial charge in [-0.3, -0.25) is 0 Å². The monoisotopic (exact) mass is 398 g/mol. The van der Waals surface area contributed by atoms with Gasteiger partial charge in [-0.25, -0.2) is 4.98 Å². The summed E-state index contributed by atoms with van der Waals surface area (Å²) in [4.78, 5) is 4.14. The van der Waals surface area contributed by atoms with Crippen molar-refractivity contribution in [2.45, 2.75) is 13.2 Å². The highest BCUT2D eigenvalue weighted by molar-refractivity contribution is 6.30. The van der Waals surface area contributed by atoms with Crippen LogP contribution in [0.4, 0.5) is 0 Å². The van der Waals surface area contributed by atoms with E-state index in [0.717, 1.165) is 16.9 Å². The molecule has 0 aliphatic carbocycles. The summed E-state index contributed by atoms with van der Waals surface area (Å²) in [6, 6.07) is 19.1. The van der Waals surface area contributed by atoms with Gasteiger partial charge < -0.3 is 19.5 Å². The molecule has 28 heavy (non-hydrogen) atoms. The van der Waals surface area contributed by atoms with Gasteiger partial charge in [0.25, 0.3) is 0 Å². The standard InChI is InChI=1S/C22H23ClN2O3/c1-26-20-6-4-5-18(15-24-13-14-27-21-7-2-3-12-25-21)22(20)28-16-17-8-10-19(23)11-9-17/h2-12,24H,13-16H2,1H3. The topological polar surface area (TPSA) is 52.6 Å². The molecule has 0 aliphatic heterocycles. The van der Waals surface area contributed by atoms with Gasteiger partial charge in [0.2, 0.25) is 5.88 Å². The maximum Gasteiger partial charge on any atom is 0.213 e. The van der Waals surface area contributed by atoms with E-state index in [2.05, 4.69) is 10.3 Å². The Balaban J connectivity index is 1.55. The summed E-state index contributed by atoms with van der Waals surface area (Å²) in [7, 11) is 1.64. The molecule has 0 aliphatic rings. The summed E-state index contributed by atoms with van der Waals surface area (Å²) < 4.78 is 17.1. The SMILES string of the molecule is COc1cccc(CNCCOc2ccccn2)c1OCc1ccc(Cl)cc1. The second-order valence-corrected chi connectivity index (χ2v) is 6.49. The molecule has 1 aromatic heterocycles. The normalized spacial score (nSPS) is 10.5. The van der Waals surface area contributed by atoms with Crippen LogP contribution in [0.3, 0.4) is 0 Å². The minimum absolute atomic E-state index is 0.438. The van der Waals surface area contributed by atoms with Gasteiger partial charge in [-0.05, 0) is 29.8 Å². The Hall–Kier alpha value is -2.76. The minimum atomic E-state index is 0.438. The van der Waals surface area contributed by atoms with Crippen molar-refractivity contribution < 1.29 is 14.2 Å². The van der Waals surface area contributed by atoms with Gasteiger partial charge in [0.05, 0.1) is 7.11 Å². The lowest BCUT2D eigenvalue weighted by atomic mass is 10.1. The van der Waals surface area contributed by atoms with Crippen LogP contribution in [0.2, 0.25) is 5.02 Å². The third-order valence-corrected chi connectivity index (χ3v) is 4.31. The Kier molecular flexibility index (Phi) is 7.53. The third kappa shape index (κ3) is 5.87. The van der Waals surface area contributed by atoms with E-state index in [-0.39, 0.29) is 0 Å². The summed E-state index contributed by atoms with van der Waals surface area (Å²) in [6.45, 7) is 2.29. The maximum atomic E-state index is 6.06. The fraction of sp³-hybridized carbons (Fsp3) is 0.227. The van der Waals surface area contributed by atoms with Crippen molar-refractivity contribution in [1.29, 1.82) is 0 Å². The molecule has 0 saturated heterocycles. The summed E-state index contributed by atoms with van der Waals surface area (Å²) >= 11 is 5.94. The Morgan fingerprint density at radius 3 is 2.57 bits per heavy atom. The number of nitrogens with zero attached hydrogens (tertiary/aromatic N) is 1. The number of hydrogen-bond donors (Lipinski definition) is 1. The number of methoxy groups -OCH3 is 1. The van der Waals surface area contributed by atoms with Crippen LogP contribution in [-0.2, 0) is 13.2 Å². The number of ether oxygens (including phenoxy) is 3. The van der Waals surface area contributed by atoms with Crippen molar-refractivity contribution in [1.82, 2.24) is 10.3 Å². The van der Waals surface area contributed by atoms with Crippen molar-refractivity contribution in [3.05, 3.63) is 83.0 Å². The largest absolute Gasteiger partial charge is 0.493 e. The fourth-order valence-electron chi connectivity index (χ4n) is 2.64. The summed E-state index contributed by atoms with van der Waals surface area (Å²) in [5, 5.41) is 4.07. The number of benzene rings is 2. The molecule has 0 saturated carbocycles. The molecule has 2 aromatic carbocycles. The van der Waals surface area contributed by atoms with E-state index >= 15 is 0 Å². The number of pyridine rings is 1. The van der Waals surface area contributed by atoms with Crippen molar-refractivity contribution >= 4 is 11.6 Å². The molecule has 3 aromatic rings. The predicted octanol–water partition coefficient (Wildman–Crippen LogP) is 4.49. The smallest absolute Gasteiger partial charge is 0.213 e. The van der Waals surface area contributed by atoms with Gasteiger partial charge in [-0.1, -0.05) is 41.9 Å². The molecule has 0 spiro atoms. The first-order valence-electron chi connectivity index (χ1n) is 9.04. The average Bonchev–Trinajstić information content (AvgIpc) is 2.74. The van der Waals surface area contributed by atoms with Gasteiger partial charge >= 0.3 is 0 Å². The number of para-hydroxylation sites is 1. The Morgan fingerprint density at radius 2 is 1.82 bits per heavy atom. The van der Waals surface area contributed by atoms with Gasteiger partial charge in [-0.2, -0.15) is 0 Å². The van der Waals surface area contributed by atoms with E-state index in [1.165, 1.54) is 0 Å². The zero-order valence-corrected chi connectivity index (χ0v) is 16.5. The molecule has 0 radical (unpaired) electrons. The van der Waals surface area contributed by atoms with Crippen LogP contribution in [0.25, 0.3) is 0 Å². The molecular weight excluding hydrogens is 376 g/mol. The molecule has 146 valence electrons. The van der Waals surface area contributed by atoms with Crippen molar-refractivity contribution in [3.63, 3.8) is 0 Å². The third-order valence-electron chi connectivity index (χ3n) is 4.06. The lowest BCUT2D eigenvalue weighted by Gasteiger charge is -2.16. The first-order valence-corrected chi connectivity index (χ1v) is 9.41. The second-order valence-electron chi connectivity index (χ2n) is 6.06. The lowest BCUT2D eigenvalue weighted by molar-refractivity contribution is 0.278. The minimum Gasteiger partial charge on any atom is -0.493 e. The van der Waals surface area contributed by atoms with Crippen LogP contribution in [-0.4, -0.2) is 25.2 Å². The molecule has 0 unspecified atom stereocenters. The molecule has 1 heterocycles. The lowest BCUT2D eigenvalue weighted by Crippen LogP contribution is -2.21. The van der Waals surface area contributed by atoms with Crippen LogP contribution in [0.5, 0.6) is 17.4 Å². The predicted molar refractivity (Wildman–Crippen MR) is 110 cm³/mol. The van der Waals surface area contributed by atoms with E-state index in [0.29, 0.717) is 43.0 Å². The zero-order valence-electron chi connectivity index (χ0n) is 15.7. The first-order chi connectivity index (χ1) is 13.8. The Bertz CT molecular complexity index is 857. The van der Waals surface area contributed by atoms with Crippen LogP contribution < -0.4 is 19.5 Å². The van der Waals surface area contributed by atoms with Crippen molar-refractivity contribution in [3.8, 4) is 17.4 Å². The zero-order chi connectivity index (χ0) is 19.6. The fourth-order valence-corrected chi connectivity index (χ4v) is 2.77. The van der Waals surface area contributed by atoms with Gasteiger partial charge in [-0.15, -0.1) is 0 Å². The van der Waals surface area contributed by atoms with Crippen molar-refractivity contribution in [2.75, 3.05) is 20.3 Å². The maximum absolute atomic E-state index is 6.06. The Labute approximate surface area is 170 Å². The quantitative estimate of drug-likeness (QED) is 0.510. The number of hydrogen-bond acceptors (Lipinski definition) is 5.